The standard InChI is InChI=1S/C10H16BrNOS/c1-7(12-13-10(2,3)4)8-5-6-9(11)14-8/h5-7,12H,1-4H3. The van der Waals surface area contributed by atoms with Crippen LogP contribution in [0.2, 0.25) is 0 Å². The maximum atomic E-state index is 5.50. The molecule has 0 aliphatic carbocycles. The largest absolute Gasteiger partial charge is 0.295 e. The van der Waals surface area contributed by atoms with Crippen molar-refractivity contribution >= 4 is 27.3 Å². The Balaban J connectivity index is 2.47. The quantitative estimate of drug-likeness (QED) is 0.847. The first-order valence-corrected chi connectivity index (χ1v) is 6.18. The second kappa shape index (κ2) is 4.75. The fourth-order valence-corrected chi connectivity index (χ4v) is 2.30. The summed E-state index contributed by atoms with van der Waals surface area (Å²) in [5.41, 5.74) is 2.89. The van der Waals surface area contributed by atoms with Crippen LogP contribution in [0.25, 0.3) is 0 Å². The summed E-state index contributed by atoms with van der Waals surface area (Å²) in [7, 11) is 0. The van der Waals surface area contributed by atoms with Crippen molar-refractivity contribution in [2.75, 3.05) is 0 Å². The minimum atomic E-state index is -0.150. The van der Waals surface area contributed by atoms with Crippen molar-refractivity contribution < 1.29 is 4.84 Å². The number of nitrogens with one attached hydrogen (secondary N) is 1. The van der Waals surface area contributed by atoms with Crippen LogP contribution >= 0.6 is 27.3 Å². The van der Waals surface area contributed by atoms with Gasteiger partial charge >= 0.3 is 0 Å². The smallest absolute Gasteiger partial charge is 0.0813 e. The van der Waals surface area contributed by atoms with Gasteiger partial charge in [-0.15, -0.1) is 11.3 Å². The topological polar surface area (TPSA) is 21.3 Å². The molecule has 0 amide bonds. The summed E-state index contributed by atoms with van der Waals surface area (Å²) >= 11 is 5.16. The molecule has 14 heavy (non-hydrogen) atoms. The van der Waals surface area contributed by atoms with Gasteiger partial charge in [0.25, 0.3) is 0 Å². The van der Waals surface area contributed by atoms with Crippen molar-refractivity contribution in [3.8, 4) is 0 Å². The van der Waals surface area contributed by atoms with E-state index >= 15 is 0 Å². The van der Waals surface area contributed by atoms with E-state index in [1.54, 1.807) is 11.3 Å². The number of hydrogen-bond donors (Lipinski definition) is 1. The number of rotatable bonds is 3. The van der Waals surface area contributed by atoms with Crippen LogP contribution in [0.5, 0.6) is 0 Å². The van der Waals surface area contributed by atoms with E-state index in [1.807, 2.05) is 20.8 Å². The molecule has 0 bridgehead atoms. The molecule has 1 atom stereocenters. The lowest BCUT2D eigenvalue weighted by molar-refractivity contribution is -0.0861. The highest BCUT2D eigenvalue weighted by Gasteiger charge is 2.14. The van der Waals surface area contributed by atoms with Gasteiger partial charge in [0.05, 0.1) is 15.4 Å². The van der Waals surface area contributed by atoms with Gasteiger partial charge in [0, 0.05) is 4.88 Å². The second-order valence-electron chi connectivity index (χ2n) is 4.20. The van der Waals surface area contributed by atoms with Gasteiger partial charge in [-0.25, -0.2) is 0 Å². The summed E-state index contributed by atoms with van der Waals surface area (Å²) in [6, 6.07) is 4.37. The summed E-state index contributed by atoms with van der Waals surface area (Å²) in [6.07, 6.45) is 0. The molecule has 1 aromatic rings. The molecule has 1 N–H and O–H groups in total. The summed E-state index contributed by atoms with van der Waals surface area (Å²) in [5, 5.41) is 0. The molecule has 0 aliphatic rings. The van der Waals surface area contributed by atoms with Crippen LogP contribution in [0, 0.1) is 0 Å². The minimum Gasteiger partial charge on any atom is -0.295 e. The highest BCUT2D eigenvalue weighted by Crippen LogP contribution is 2.27. The van der Waals surface area contributed by atoms with E-state index < -0.39 is 0 Å². The van der Waals surface area contributed by atoms with Crippen molar-refractivity contribution in [2.45, 2.75) is 39.3 Å². The summed E-state index contributed by atoms with van der Waals surface area (Å²) in [6.45, 7) is 8.16. The fourth-order valence-electron chi connectivity index (χ4n) is 0.884. The van der Waals surface area contributed by atoms with Gasteiger partial charge < -0.3 is 0 Å². The lowest BCUT2D eigenvalue weighted by Gasteiger charge is -2.22. The maximum Gasteiger partial charge on any atom is 0.0813 e. The normalized spacial score (nSPS) is 14.4. The van der Waals surface area contributed by atoms with Crippen molar-refractivity contribution in [1.29, 1.82) is 0 Å². The van der Waals surface area contributed by atoms with Crippen LogP contribution < -0.4 is 5.48 Å². The Hall–Kier alpha value is 0.1000. The predicted octanol–water partition coefficient (Wildman–Crippen LogP) is 3.89. The fraction of sp³-hybridized carbons (Fsp3) is 0.600. The number of hydrogen-bond acceptors (Lipinski definition) is 3. The third-order valence-corrected chi connectivity index (χ3v) is 3.37. The van der Waals surface area contributed by atoms with Crippen molar-refractivity contribution in [2.24, 2.45) is 0 Å². The average molecular weight is 278 g/mol. The van der Waals surface area contributed by atoms with E-state index in [2.05, 4.69) is 40.5 Å². The Morgan fingerprint density at radius 2 is 2.07 bits per heavy atom. The van der Waals surface area contributed by atoms with E-state index in [0.29, 0.717) is 0 Å². The van der Waals surface area contributed by atoms with Crippen molar-refractivity contribution in [3.05, 3.63) is 20.8 Å². The molecule has 1 aromatic heterocycles. The number of hydroxylamine groups is 1. The second-order valence-corrected chi connectivity index (χ2v) is 6.69. The predicted molar refractivity (Wildman–Crippen MR) is 64.4 cm³/mol. The van der Waals surface area contributed by atoms with E-state index in [-0.39, 0.29) is 11.6 Å². The molecule has 4 heteroatoms. The first kappa shape index (κ1) is 12.2. The van der Waals surface area contributed by atoms with Gasteiger partial charge in [0.2, 0.25) is 0 Å². The van der Waals surface area contributed by atoms with E-state index in [4.69, 9.17) is 4.84 Å². The maximum absolute atomic E-state index is 5.50. The molecule has 0 aliphatic heterocycles. The van der Waals surface area contributed by atoms with E-state index in [0.717, 1.165) is 3.79 Å². The molecule has 0 saturated carbocycles. The molecule has 1 unspecified atom stereocenters. The third-order valence-electron chi connectivity index (χ3n) is 1.56. The number of thiophene rings is 1. The molecule has 0 fully saturated rings. The van der Waals surface area contributed by atoms with E-state index in [9.17, 15) is 0 Å². The highest BCUT2D eigenvalue weighted by atomic mass is 79.9. The average Bonchev–Trinajstić information content (AvgIpc) is 2.46. The lowest BCUT2D eigenvalue weighted by Crippen LogP contribution is -2.30. The first-order valence-electron chi connectivity index (χ1n) is 4.57. The van der Waals surface area contributed by atoms with Crippen LogP contribution in [-0.2, 0) is 4.84 Å². The summed E-state index contributed by atoms with van der Waals surface area (Å²) in [4.78, 5) is 6.76. The monoisotopic (exact) mass is 277 g/mol. The van der Waals surface area contributed by atoms with Gasteiger partial charge in [-0.2, -0.15) is 5.48 Å². The Bertz CT molecular complexity index is 293. The number of halogens is 1. The molecule has 80 valence electrons. The van der Waals surface area contributed by atoms with Gasteiger partial charge in [-0.3, -0.25) is 4.84 Å². The third kappa shape index (κ3) is 4.09. The zero-order chi connectivity index (χ0) is 10.8. The minimum absolute atomic E-state index is 0.150. The summed E-state index contributed by atoms with van der Waals surface area (Å²) < 4.78 is 1.15. The lowest BCUT2D eigenvalue weighted by atomic mass is 10.2. The molecule has 0 aromatic carbocycles. The SMILES string of the molecule is CC(NOC(C)(C)C)c1ccc(Br)s1. The highest BCUT2D eigenvalue weighted by molar-refractivity contribution is 9.11. The van der Waals surface area contributed by atoms with E-state index in [1.165, 1.54) is 4.88 Å². The van der Waals surface area contributed by atoms with Crippen LogP contribution in [0.15, 0.2) is 15.9 Å². The molecule has 1 heterocycles. The molecule has 0 saturated heterocycles. The molecule has 1 rings (SSSR count). The Morgan fingerprint density at radius 1 is 1.43 bits per heavy atom. The summed E-state index contributed by atoms with van der Waals surface area (Å²) in [5.74, 6) is 0. The van der Waals surface area contributed by atoms with Crippen molar-refractivity contribution in [1.82, 2.24) is 5.48 Å². The molecule has 0 spiro atoms. The van der Waals surface area contributed by atoms with Crippen LogP contribution in [0.1, 0.15) is 38.6 Å². The zero-order valence-electron chi connectivity index (χ0n) is 8.93. The Kier molecular flexibility index (Phi) is 4.13. The van der Waals surface area contributed by atoms with Gasteiger partial charge in [0.1, 0.15) is 0 Å². The molecule has 2 nitrogen and oxygen atoms in total. The van der Waals surface area contributed by atoms with Crippen LogP contribution in [0.3, 0.4) is 0 Å². The molecular formula is C10H16BrNOS. The molecular weight excluding hydrogens is 262 g/mol. The van der Waals surface area contributed by atoms with Gasteiger partial charge in [-0.05, 0) is 55.8 Å². The van der Waals surface area contributed by atoms with Gasteiger partial charge in [0.15, 0.2) is 0 Å². The molecule has 0 radical (unpaired) electrons. The van der Waals surface area contributed by atoms with Crippen molar-refractivity contribution in [3.63, 3.8) is 0 Å². The first-order chi connectivity index (χ1) is 6.38. The van der Waals surface area contributed by atoms with Crippen LogP contribution in [0.4, 0.5) is 0 Å². The Labute approximate surface area is 97.7 Å². The van der Waals surface area contributed by atoms with Gasteiger partial charge in [-0.1, -0.05) is 0 Å². The van der Waals surface area contributed by atoms with Crippen LogP contribution in [-0.4, -0.2) is 5.60 Å². The zero-order valence-corrected chi connectivity index (χ0v) is 11.3. The Morgan fingerprint density at radius 3 is 2.50 bits per heavy atom.